The first kappa shape index (κ1) is 14.8. The first-order valence-corrected chi connectivity index (χ1v) is 5.27. The van der Waals surface area contributed by atoms with Gasteiger partial charge in [-0.1, -0.05) is 0 Å². The third-order valence-corrected chi connectivity index (χ3v) is 2.01. The molecule has 0 rings (SSSR count). The Kier molecular flexibility index (Phi) is 11.7. The molecular formula is C10H23NO4. The molecule has 0 aliphatic rings. The molecule has 5 nitrogen and oxygen atoms in total. The summed E-state index contributed by atoms with van der Waals surface area (Å²) in [7, 11) is 3.50. The average Bonchev–Trinajstić information content (AvgIpc) is 2.26. The predicted octanol–water partition coefficient (Wildman–Crippen LogP) is -0.364. The molecule has 0 saturated heterocycles. The number of rotatable bonds is 11. The molecule has 0 aliphatic carbocycles. The third kappa shape index (κ3) is 10.1. The summed E-state index contributed by atoms with van der Waals surface area (Å²) in [5.41, 5.74) is 0. The Balaban J connectivity index is 3.14. The molecule has 2 N–H and O–H groups in total. The fraction of sp³-hybridized carbons (Fsp3) is 1.00. The van der Waals surface area contributed by atoms with Crippen molar-refractivity contribution in [3.05, 3.63) is 0 Å². The summed E-state index contributed by atoms with van der Waals surface area (Å²) >= 11 is 0. The van der Waals surface area contributed by atoms with Gasteiger partial charge >= 0.3 is 0 Å². The van der Waals surface area contributed by atoms with Crippen molar-refractivity contribution < 1.29 is 19.3 Å². The lowest BCUT2D eigenvalue weighted by Crippen LogP contribution is -2.31. The van der Waals surface area contributed by atoms with Crippen LogP contribution in [0.5, 0.6) is 0 Å². The van der Waals surface area contributed by atoms with E-state index in [4.69, 9.17) is 19.3 Å². The molecule has 0 fully saturated rings. The topological polar surface area (TPSA) is 60.0 Å². The summed E-state index contributed by atoms with van der Waals surface area (Å²) in [4.78, 5) is 0. The molecular weight excluding hydrogens is 198 g/mol. The highest BCUT2D eigenvalue weighted by molar-refractivity contribution is 4.61. The van der Waals surface area contributed by atoms with Crippen molar-refractivity contribution in [3.8, 4) is 0 Å². The zero-order chi connectivity index (χ0) is 11.4. The summed E-state index contributed by atoms with van der Waals surface area (Å²) in [5.74, 6) is 0. The smallest absolute Gasteiger partial charge is 0.0701 e. The third-order valence-electron chi connectivity index (χ3n) is 2.01. The standard InChI is InChI=1S/C10H23NO4/c1-11-10(3-4-12)9-15-8-7-14-6-5-13-2/h10-12H,3-9H2,1-2H3. The van der Waals surface area contributed by atoms with Crippen LogP contribution in [0.1, 0.15) is 6.42 Å². The van der Waals surface area contributed by atoms with E-state index >= 15 is 0 Å². The van der Waals surface area contributed by atoms with Gasteiger partial charge in [-0.3, -0.25) is 0 Å². The Labute approximate surface area is 91.7 Å². The van der Waals surface area contributed by atoms with Crippen molar-refractivity contribution in [1.82, 2.24) is 5.32 Å². The lowest BCUT2D eigenvalue weighted by Gasteiger charge is -2.14. The van der Waals surface area contributed by atoms with Gasteiger partial charge in [0.25, 0.3) is 0 Å². The lowest BCUT2D eigenvalue weighted by molar-refractivity contribution is 0.0183. The van der Waals surface area contributed by atoms with Crippen molar-refractivity contribution >= 4 is 0 Å². The molecule has 0 saturated carbocycles. The van der Waals surface area contributed by atoms with Gasteiger partial charge in [0.2, 0.25) is 0 Å². The van der Waals surface area contributed by atoms with E-state index in [1.54, 1.807) is 7.11 Å². The van der Waals surface area contributed by atoms with Crippen LogP contribution in [0.4, 0.5) is 0 Å². The molecule has 0 bridgehead atoms. The first-order valence-electron chi connectivity index (χ1n) is 5.27. The number of aliphatic hydroxyl groups is 1. The molecule has 0 aromatic heterocycles. The fourth-order valence-corrected chi connectivity index (χ4v) is 1.05. The summed E-state index contributed by atoms with van der Waals surface area (Å²) in [6.45, 7) is 3.16. The minimum Gasteiger partial charge on any atom is -0.396 e. The van der Waals surface area contributed by atoms with Gasteiger partial charge in [0.1, 0.15) is 0 Å². The van der Waals surface area contributed by atoms with Crippen molar-refractivity contribution in [2.24, 2.45) is 0 Å². The average molecular weight is 221 g/mol. The Morgan fingerprint density at radius 1 is 1.13 bits per heavy atom. The van der Waals surface area contributed by atoms with E-state index < -0.39 is 0 Å². The number of aliphatic hydroxyl groups excluding tert-OH is 1. The number of hydrogen-bond acceptors (Lipinski definition) is 5. The molecule has 0 spiro atoms. The van der Waals surface area contributed by atoms with E-state index in [9.17, 15) is 0 Å². The highest BCUT2D eigenvalue weighted by Gasteiger charge is 2.04. The largest absolute Gasteiger partial charge is 0.396 e. The van der Waals surface area contributed by atoms with Gasteiger partial charge in [0.15, 0.2) is 0 Å². The van der Waals surface area contributed by atoms with Crippen LogP contribution in [0, 0.1) is 0 Å². The SMILES string of the molecule is CNC(CCO)COCCOCCOC. The van der Waals surface area contributed by atoms with E-state index in [0.29, 0.717) is 39.5 Å². The molecule has 0 aromatic rings. The van der Waals surface area contributed by atoms with Gasteiger partial charge in [0, 0.05) is 19.8 Å². The summed E-state index contributed by atoms with van der Waals surface area (Å²) in [6, 6.07) is 0.217. The maximum atomic E-state index is 8.73. The molecule has 15 heavy (non-hydrogen) atoms. The zero-order valence-electron chi connectivity index (χ0n) is 9.70. The van der Waals surface area contributed by atoms with Crippen LogP contribution in [-0.2, 0) is 14.2 Å². The molecule has 0 aromatic carbocycles. The van der Waals surface area contributed by atoms with Crippen LogP contribution in [-0.4, -0.2) is 64.9 Å². The highest BCUT2D eigenvalue weighted by atomic mass is 16.5. The number of methoxy groups -OCH3 is 1. The van der Waals surface area contributed by atoms with Crippen LogP contribution < -0.4 is 5.32 Å². The highest BCUT2D eigenvalue weighted by Crippen LogP contribution is 1.91. The van der Waals surface area contributed by atoms with E-state index in [-0.39, 0.29) is 12.6 Å². The summed E-state index contributed by atoms with van der Waals surface area (Å²) < 4.78 is 15.4. The maximum Gasteiger partial charge on any atom is 0.0701 e. The molecule has 0 aliphatic heterocycles. The van der Waals surface area contributed by atoms with Crippen LogP contribution in [0.3, 0.4) is 0 Å². The quantitative estimate of drug-likeness (QED) is 0.466. The van der Waals surface area contributed by atoms with Crippen LogP contribution >= 0.6 is 0 Å². The van der Waals surface area contributed by atoms with E-state index in [0.717, 1.165) is 0 Å². The van der Waals surface area contributed by atoms with Crippen LogP contribution in [0.2, 0.25) is 0 Å². The Morgan fingerprint density at radius 2 is 1.80 bits per heavy atom. The Bertz CT molecular complexity index is 124. The Hall–Kier alpha value is -0.200. The molecule has 1 atom stereocenters. The van der Waals surface area contributed by atoms with Crippen LogP contribution in [0.15, 0.2) is 0 Å². The summed E-state index contributed by atoms with van der Waals surface area (Å²) in [6.07, 6.45) is 0.709. The van der Waals surface area contributed by atoms with Crippen molar-refractivity contribution in [3.63, 3.8) is 0 Å². The number of hydrogen-bond donors (Lipinski definition) is 2. The van der Waals surface area contributed by atoms with Crippen molar-refractivity contribution in [2.45, 2.75) is 12.5 Å². The second-order valence-electron chi connectivity index (χ2n) is 3.18. The van der Waals surface area contributed by atoms with Crippen LogP contribution in [0.25, 0.3) is 0 Å². The molecule has 0 amide bonds. The van der Waals surface area contributed by atoms with Crippen molar-refractivity contribution in [1.29, 1.82) is 0 Å². The predicted molar refractivity (Wildman–Crippen MR) is 58.1 cm³/mol. The maximum absolute atomic E-state index is 8.73. The number of likely N-dealkylation sites (N-methyl/N-ethyl adjacent to an activating group) is 1. The van der Waals surface area contributed by atoms with Gasteiger partial charge in [-0.25, -0.2) is 0 Å². The van der Waals surface area contributed by atoms with E-state index in [1.165, 1.54) is 0 Å². The van der Waals surface area contributed by atoms with Gasteiger partial charge in [-0.2, -0.15) is 0 Å². The minimum atomic E-state index is 0.180. The van der Waals surface area contributed by atoms with Gasteiger partial charge in [0.05, 0.1) is 33.0 Å². The Morgan fingerprint density at radius 3 is 2.40 bits per heavy atom. The molecule has 92 valence electrons. The first-order chi connectivity index (χ1) is 7.35. The zero-order valence-corrected chi connectivity index (χ0v) is 9.70. The molecule has 1 unspecified atom stereocenters. The molecule has 0 radical (unpaired) electrons. The van der Waals surface area contributed by atoms with Crippen molar-refractivity contribution in [2.75, 3.05) is 53.8 Å². The second-order valence-corrected chi connectivity index (χ2v) is 3.18. The number of ether oxygens (including phenoxy) is 3. The summed E-state index contributed by atoms with van der Waals surface area (Å²) in [5, 5.41) is 11.8. The lowest BCUT2D eigenvalue weighted by atomic mass is 10.2. The van der Waals surface area contributed by atoms with E-state index in [2.05, 4.69) is 5.32 Å². The van der Waals surface area contributed by atoms with Gasteiger partial charge in [-0.05, 0) is 13.5 Å². The second kappa shape index (κ2) is 11.9. The monoisotopic (exact) mass is 221 g/mol. The molecule has 0 heterocycles. The van der Waals surface area contributed by atoms with E-state index in [1.807, 2.05) is 7.05 Å². The van der Waals surface area contributed by atoms with Gasteiger partial charge in [-0.15, -0.1) is 0 Å². The normalized spacial score (nSPS) is 13.0. The fourth-order valence-electron chi connectivity index (χ4n) is 1.05. The minimum absolute atomic E-state index is 0.180. The number of nitrogens with one attached hydrogen (secondary N) is 1. The molecule has 5 heteroatoms. The van der Waals surface area contributed by atoms with Gasteiger partial charge < -0.3 is 24.6 Å².